The van der Waals surface area contributed by atoms with Crippen LogP contribution >= 0.6 is 0 Å². The number of rotatable bonds is 4. The summed E-state index contributed by atoms with van der Waals surface area (Å²) in [6.07, 6.45) is 5.96. The highest BCUT2D eigenvalue weighted by atomic mass is 16.5. The number of aryl methyl sites for hydroxylation is 2. The number of amides is 1. The monoisotopic (exact) mass is 275 g/mol. The fourth-order valence-corrected chi connectivity index (χ4v) is 2.80. The summed E-state index contributed by atoms with van der Waals surface area (Å²) in [5.41, 5.74) is 3.40. The van der Waals surface area contributed by atoms with Gasteiger partial charge >= 0.3 is 0 Å². The standard InChI is InChI=1S/C17H25NO2/c1-12-9-10-13(2)17(14(12)3)20-11-16(19)18-15-7-5-4-6-8-15/h9-10,15H,4-8,11H2,1-3H3,(H,18,19). The molecule has 20 heavy (non-hydrogen) atoms. The maximum atomic E-state index is 12.0. The van der Waals surface area contributed by atoms with Gasteiger partial charge in [0.05, 0.1) is 0 Å². The highest BCUT2D eigenvalue weighted by Gasteiger charge is 2.16. The van der Waals surface area contributed by atoms with E-state index in [1.807, 2.05) is 19.9 Å². The SMILES string of the molecule is Cc1ccc(C)c(OCC(=O)NC2CCCCC2)c1C. The Bertz CT molecular complexity index is 476. The van der Waals surface area contributed by atoms with Crippen LogP contribution in [0.25, 0.3) is 0 Å². The minimum atomic E-state index is -0.00259. The molecule has 1 saturated carbocycles. The van der Waals surface area contributed by atoms with Crippen LogP contribution in [-0.2, 0) is 4.79 Å². The molecule has 110 valence electrons. The molecule has 3 nitrogen and oxygen atoms in total. The zero-order chi connectivity index (χ0) is 14.5. The molecule has 0 heterocycles. The maximum absolute atomic E-state index is 12.0. The summed E-state index contributed by atoms with van der Waals surface area (Å²) in [7, 11) is 0. The van der Waals surface area contributed by atoms with Crippen LogP contribution in [0.1, 0.15) is 48.8 Å². The van der Waals surface area contributed by atoms with Crippen molar-refractivity contribution < 1.29 is 9.53 Å². The van der Waals surface area contributed by atoms with Gasteiger partial charge in [-0.3, -0.25) is 4.79 Å². The Balaban J connectivity index is 1.88. The van der Waals surface area contributed by atoms with E-state index < -0.39 is 0 Å². The third-order valence-electron chi connectivity index (χ3n) is 4.19. The zero-order valence-electron chi connectivity index (χ0n) is 12.8. The first-order valence-corrected chi connectivity index (χ1v) is 7.57. The number of ether oxygens (including phenoxy) is 1. The van der Waals surface area contributed by atoms with Crippen molar-refractivity contribution in [3.05, 3.63) is 28.8 Å². The Morgan fingerprint density at radius 2 is 1.80 bits per heavy atom. The Morgan fingerprint density at radius 3 is 2.50 bits per heavy atom. The Morgan fingerprint density at radius 1 is 1.15 bits per heavy atom. The van der Waals surface area contributed by atoms with Gasteiger partial charge < -0.3 is 10.1 Å². The van der Waals surface area contributed by atoms with E-state index in [2.05, 4.69) is 18.3 Å². The molecule has 1 aliphatic carbocycles. The Labute approximate surface area is 121 Å². The molecule has 1 aliphatic rings. The third-order valence-corrected chi connectivity index (χ3v) is 4.19. The molecule has 3 heteroatoms. The molecule has 0 saturated heterocycles. The molecule has 0 aromatic heterocycles. The minimum absolute atomic E-state index is 0.00259. The van der Waals surface area contributed by atoms with E-state index in [1.165, 1.54) is 24.8 Å². The molecule has 0 bridgehead atoms. The van der Waals surface area contributed by atoms with Crippen LogP contribution in [0.3, 0.4) is 0 Å². The summed E-state index contributed by atoms with van der Waals surface area (Å²) < 4.78 is 5.74. The van der Waals surface area contributed by atoms with Crippen molar-refractivity contribution in [3.8, 4) is 5.75 Å². The van der Waals surface area contributed by atoms with Crippen LogP contribution in [-0.4, -0.2) is 18.6 Å². The van der Waals surface area contributed by atoms with E-state index >= 15 is 0 Å². The van der Waals surface area contributed by atoms with E-state index in [0.717, 1.165) is 29.7 Å². The van der Waals surface area contributed by atoms with Crippen LogP contribution in [0.4, 0.5) is 0 Å². The predicted molar refractivity (Wildman–Crippen MR) is 81.2 cm³/mol. The summed E-state index contributed by atoms with van der Waals surface area (Å²) in [6.45, 7) is 6.23. The number of benzene rings is 1. The van der Waals surface area contributed by atoms with Crippen molar-refractivity contribution >= 4 is 5.91 Å². The highest BCUT2D eigenvalue weighted by molar-refractivity contribution is 5.78. The number of carbonyl (C=O) groups is 1. The van der Waals surface area contributed by atoms with Crippen LogP contribution < -0.4 is 10.1 Å². The average molecular weight is 275 g/mol. The van der Waals surface area contributed by atoms with Crippen molar-refractivity contribution in [2.45, 2.75) is 58.9 Å². The molecule has 1 fully saturated rings. The van der Waals surface area contributed by atoms with E-state index in [1.54, 1.807) is 0 Å². The lowest BCUT2D eigenvalue weighted by atomic mass is 9.95. The molecule has 0 atom stereocenters. The third kappa shape index (κ3) is 3.75. The number of hydrogen-bond acceptors (Lipinski definition) is 2. The van der Waals surface area contributed by atoms with Gasteiger partial charge in [-0.15, -0.1) is 0 Å². The number of carbonyl (C=O) groups excluding carboxylic acids is 1. The molecule has 1 amide bonds. The lowest BCUT2D eigenvalue weighted by Gasteiger charge is -2.23. The molecule has 0 radical (unpaired) electrons. The molecular weight excluding hydrogens is 250 g/mol. The first-order valence-electron chi connectivity index (χ1n) is 7.57. The average Bonchev–Trinajstić information content (AvgIpc) is 2.44. The van der Waals surface area contributed by atoms with Crippen molar-refractivity contribution in [1.29, 1.82) is 0 Å². The van der Waals surface area contributed by atoms with Crippen LogP contribution in [0.15, 0.2) is 12.1 Å². The van der Waals surface area contributed by atoms with Crippen molar-refractivity contribution in [2.24, 2.45) is 0 Å². The second-order valence-corrected chi connectivity index (χ2v) is 5.84. The van der Waals surface area contributed by atoms with Gasteiger partial charge in [-0.25, -0.2) is 0 Å². The molecule has 2 rings (SSSR count). The van der Waals surface area contributed by atoms with E-state index in [0.29, 0.717) is 6.04 Å². The lowest BCUT2D eigenvalue weighted by Crippen LogP contribution is -2.39. The number of nitrogens with one attached hydrogen (secondary N) is 1. The summed E-state index contributed by atoms with van der Waals surface area (Å²) in [5.74, 6) is 0.848. The van der Waals surface area contributed by atoms with Crippen LogP contribution in [0.5, 0.6) is 5.75 Å². The van der Waals surface area contributed by atoms with Gasteiger partial charge in [0.1, 0.15) is 5.75 Å². The van der Waals surface area contributed by atoms with Gasteiger partial charge in [0.2, 0.25) is 0 Å². The van der Waals surface area contributed by atoms with E-state index in [4.69, 9.17) is 4.74 Å². The Kier molecular flexibility index (Phi) is 5.05. The van der Waals surface area contributed by atoms with Crippen LogP contribution in [0, 0.1) is 20.8 Å². The molecule has 1 aromatic carbocycles. The van der Waals surface area contributed by atoms with Gasteiger partial charge in [-0.05, 0) is 50.3 Å². The van der Waals surface area contributed by atoms with Crippen molar-refractivity contribution in [3.63, 3.8) is 0 Å². The molecular formula is C17H25NO2. The topological polar surface area (TPSA) is 38.3 Å². The maximum Gasteiger partial charge on any atom is 0.258 e. The molecule has 0 unspecified atom stereocenters. The molecule has 1 aromatic rings. The van der Waals surface area contributed by atoms with Gasteiger partial charge in [0.25, 0.3) is 5.91 Å². The van der Waals surface area contributed by atoms with Gasteiger partial charge in [-0.2, -0.15) is 0 Å². The zero-order valence-corrected chi connectivity index (χ0v) is 12.8. The highest BCUT2D eigenvalue weighted by Crippen LogP contribution is 2.25. The number of hydrogen-bond donors (Lipinski definition) is 1. The second-order valence-electron chi connectivity index (χ2n) is 5.84. The molecule has 0 aliphatic heterocycles. The summed E-state index contributed by atoms with van der Waals surface area (Å²) in [6, 6.07) is 4.47. The summed E-state index contributed by atoms with van der Waals surface area (Å²) in [5, 5.41) is 3.08. The van der Waals surface area contributed by atoms with Gasteiger partial charge in [-0.1, -0.05) is 31.4 Å². The fourth-order valence-electron chi connectivity index (χ4n) is 2.80. The van der Waals surface area contributed by atoms with Gasteiger partial charge in [0.15, 0.2) is 6.61 Å². The predicted octanol–water partition coefficient (Wildman–Crippen LogP) is 3.44. The Hall–Kier alpha value is -1.51. The quantitative estimate of drug-likeness (QED) is 0.914. The van der Waals surface area contributed by atoms with Gasteiger partial charge in [0, 0.05) is 6.04 Å². The normalized spacial score (nSPS) is 15.9. The summed E-state index contributed by atoms with van der Waals surface area (Å²) in [4.78, 5) is 12.0. The largest absolute Gasteiger partial charge is 0.483 e. The smallest absolute Gasteiger partial charge is 0.258 e. The second kappa shape index (κ2) is 6.78. The van der Waals surface area contributed by atoms with E-state index in [9.17, 15) is 4.79 Å². The van der Waals surface area contributed by atoms with Crippen LogP contribution in [0.2, 0.25) is 0 Å². The fraction of sp³-hybridized carbons (Fsp3) is 0.588. The van der Waals surface area contributed by atoms with Crippen molar-refractivity contribution in [2.75, 3.05) is 6.61 Å². The molecule has 0 spiro atoms. The summed E-state index contributed by atoms with van der Waals surface area (Å²) >= 11 is 0. The van der Waals surface area contributed by atoms with E-state index in [-0.39, 0.29) is 12.5 Å². The lowest BCUT2D eigenvalue weighted by molar-refractivity contribution is -0.124. The first-order chi connectivity index (χ1) is 9.58. The minimum Gasteiger partial charge on any atom is -0.483 e. The first kappa shape index (κ1) is 14.9. The molecule has 1 N–H and O–H groups in total. The van der Waals surface area contributed by atoms with Crippen molar-refractivity contribution in [1.82, 2.24) is 5.32 Å².